The minimum atomic E-state index is -1.03. The van der Waals surface area contributed by atoms with Crippen LogP contribution in [0.4, 0.5) is 0 Å². The Labute approximate surface area is 96.9 Å². The molecule has 2 rings (SSSR count). The number of aliphatic carboxylic acids is 1. The predicted octanol–water partition coefficient (Wildman–Crippen LogP) is 1.24. The van der Waals surface area contributed by atoms with Gasteiger partial charge in [-0.2, -0.15) is 0 Å². The van der Waals surface area contributed by atoms with E-state index in [1.807, 2.05) is 0 Å². The minimum absolute atomic E-state index is 0.141. The van der Waals surface area contributed by atoms with Crippen LogP contribution in [0.2, 0.25) is 0 Å². The molecule has 0 radical (unpaired) electrons. The third-order valence-corrected chi connectivity index (χ3v) is 4.42. The molecule has 0 aliphatic heterocycles. The maximum atomic E-state index is 11.3. The molecule has 2 aliphatic rings. The van der Waals surface area contributed by atoms with Crippen molar-refractivity contribution in [3.8, 4) is 0 Å². The zero-order valence-electron chi connectivity index (χ0n) is 9.78. The quantitative estimate of drug-likeness (QED) is 0.786. The van der Waals surface area contributed by atoms with E-state index in [1.54, 1.807) is 0 Å². The molecule has 0 aromatic carbocycles. The molecule has 0 heterocycles. The Morgan fingerprint density at radius 1 is 1.12 bits per heavy atom. The van der Waals surface area contributed by atoms with Crippen molar-refractivity contribution in [2.45, 2.75) is 63.4 Å². The molecule has 0 spiro atoms. The molecule has 2 aliphatic carbocycles. The van der Waals surface area contributed by atoms with E-state index in [0.717, 1.165) is 38.5 Å². The summed E-state index contributed by atoms with van der Waals surface area (Å²) in [6.45, 7) is 0. The summed E-state index contributed by atoms with van der Waals surface area (Å²) < 4.78 is 0. The summed E-state index contributed by atoms with van der Waals surface area (Å²) >= 11 is 0. The Hall–Kier alpha value is -0.570. The fourth-order valence-corrected chi connectivity index (χ4v) is 3.62. The number of hydrogen-bond donors (Lipinski definition) is 1. The average Bonchev–Trinajstić information content (AvgIpc) is 2.67. The predicted molar refractivity (Wildman–Crippen MR) is 58.5 cm³/mol. The van der Waals surface area contributed by atoms with Crippen LogP contribution < -0.4 is 5.11 Å². The van der Waals surface area contributed by atoms with Crippen LogP contribution in [0, 0.1) is 11.8 Å². The molecule has 16 heavy (non-hydrogen) atoms. The Bertz CT molecular complexity index is 250. The fraction of sp³-hybridized carbons (Fsp3) is 0.923. The van der Waals surface area contributed by atoms with Gasteiger partial charge < -0.3 is 15.0 Å². The number of carbonyl (C=O) groups excluding carboxylic acids is 1. The molecule has 3 heteroatoms. The van der Waals surface area contributed by atoms with Crippen molar-refractivity contribution in [2.75, 3.05) is 0 Å². The summed E-state index contributed by atoms with van der Waals surface area (Å²) in [5.74, 6) is -1.52. The zero-order chi connectivity index (χ0) is 11.6. The third-order valence-electron chi connectivity index (χ3n) is 4.42. The summed E-state index contributed by atoms with van der Waals surface area (Å²) in [6, 6.07) is 0. The number of rotatable bonds is 3. The zero-order valence-corrected chi connectivity index (χ0v) is 9.78. The van der Waals surface area contributed by atoms with E-state index >= 15 is 0 Å². The van der Waals surface area contributed by atoms with Gasteiger partial charge in [0.05, 0.1) is 5.60 Å². The molecule has 3 nitrogen and oxygen atoms in total. The van der Waals surface area contributed by atoms with E-state index in [1.165, 1.54) is 6.42 Å². The summed E-state index contributed by atoms with van der Waals surface area (Å²) in [7, 11) is 0. The van der Waals surface area contributed by atoms with Crippen molar-refractivity contribution in [1.82, 2.24) is 0 Å². The van der Waals surface area contributed by atoms with Gasteiger partial charge >= 0.3 is 0 Å². The minimum Gasteiger partial charge on any atom is -0.550 e. The van der Waals surface area contributed by atoms with Crippen LogP contribution in [0.1, 0.15) is 57.8 Å². The van der Waals surface area contributed by atoms with E-state index in [9.17, 15) is 15.0 Å². The standard InChI is InChI=1S/C13H22O3/c14-12(15)11(10-6-2-1-3-7-10)13(16)8-4-5-9-13/h10-11,16H,1-9H2,(H,14,15)/p-1/t11-/m0/s1. The Balaban J connectivity index is 2.12. The molecule has 0 aromatic rings. The van der Waals surface area contributed by atoms with E-state index < -0.39 is 17.5 Å². The van der Waals surface area contributed by atoms with Gasteiger partial charge in [-0.3, -0.25) is 0 Å². The highest BCUT2D eigenvalue weighted by Crippen LogP contribution is 2.43. The molecule has 0 amide bonds. The van der Waals surface area contributed by atoms with Gasteiger partial charge in [0.15, 0.2) is 0 Å². The number of carboxylic acid groups (broad SMARTS) is 1. The molecule has 1 N–H and O–H groups in total. The SMILES string of the molecule is O=C([O-])[C@H](C1CCCCC1)C1(O)CCCC1. The molecule has 0 unspecified atom stereocenters. The van der Waals surface area contributed by atoms with Gasteiger partial charge in [-0.25, -0.2) is 0 Å². The first-order valence-electron chi connectivity index (χ1n) is 6.57. The average molecular weight is 225 g/mol. The second-order valence-corrected chi connectivity index (χ2v) is 5.51. The first-order valence-corrected chi connectivity index (χ1v) is 6.57. The fourth-order valence-electron chi connectivity index (χ4n) is 3.62. The van der Waals surface area contributed by atoms with Crippen LogP contribution in [-0.4, -0.2) is 16.7 Å². The lowest BCUT2D eigenvalue weighted by Gasteiger charge is -2.40. The van der Waals surface area contributed by atoms with Gasteiger partial charge in [-0.05, 0) is 31.6 Å². The number of carbonyl (C=O) groups is 1. The van der Waals surface area contributed by atoms with Crippen molar-refractivity contribution in [2.24, 2.45) is 11.8 Å². The lowest BCUT2D eigenvalue weighted by Crippen LogP contribution is -2.50. The smallest absolute Gasteiger partial charge is 0.0730 e. The summed E-state index contributed by atoms with van der Waals surface area (Å²) in [5, 5.41) is 21.8. The largest absolute Gasteiger partial charge is 0.550 e. The van der Waals surface area contributed by atoms with Gasteiger partial charge in [0.25, 0.3) is 0 Å². The van der Waals surface area contributed by atoms with Crippen LogP contribution in [0.15, 0.2) is 0 Å². The molecule has 2 fully saturated rings. The Morgan fingerprint density at radius 3 is 2.19 bits per heavy atom. The van der Waals surface area contributed by atoms with Crippen LogP contribution in [0.25, 0.3) is 0 Å². The summed E-state index contributed by atoms with van der Waals surface area (Å²) in [5.41, 5.74) is -0.971. The van der Waals surface area contributed by atoms with Crippen molar-refractivity contribution in [1.29, 1.82) is 0 Å². The summed E-state index contributed by atoms with van der Waals surface area (Å²) in [6.07, 6.45) is 8.48. The van der Waals surface area contributed by atoms with Crippen molar-refractivity contribution < 1.29 is 15.0 Å². The Morgan fingerprint density at radius 2 is 1.69 bits per heavy atom. The number of hydrogen-bond acceptors (Lipinski definition) is 3. The molecule has 92 valence electrons. The second-order valence-electron chi connectivity index (χ2n) is 5.51. The van der Waals surface area contributed by atoms with E-state index in [-0.39, 0.29) is 5.92 Å². The topological polar surface area (TPSA) is 60.4 Å². The number of carboxylic acids is 1. The molecule has 0 saturated heterocycles. The summed E-state index contributed by atoms with van der Waals surface area (Å²) in [4.78, 5) is 11.3. The van der Waals surface area contributed by atoms with Gasteiger partial charge in [-0.15, -0.1) is 0 Å². The molecule has 0 aromatic heterocycles. The normalized spacial score (nSPS) is 27.8. The second kappa shape index (κ2) is 4.74. The first-order chi connectivity index (χ1) is 7.63. The first kappa shape index (κ1) is 11.9. The maximum Gasteiger partial charge on any atom is 0.0730 e. The van der Waals surface area contributed by atoms with Crippen LogP contribution in [0.5, 0.6) is 0 Å². The van der Waals surface area contributed by atoms with Gasteiger partial charge in [0.2, 0.25) is 0 Å². The van der Waals surface area contributed by atoms with Gasteiger partial charge in [0, 0.05) is 11.9 Å². The lowest BCUT2D eigenvalue weighted by atomic mass is 9.71. The van der Waals surface area contributed by atoms with E-state index in [0.29, 0.717) is 12.8 Å². The van der Waals surface area contributed by atoms with Crippen molar-refractivity contribution >= 4 is 5.97 Å². The van der Waals surface area contributed by atoms with Gasteiger partial charge in [-0.1, -0.05) is 32.1 Å². The number of aliphatic hydroxyl groups is 1. The van der Waals surface area contributed by atoms with Crippen LogP contribution in [-0.2, 0) is 4.79 Å². The Kier molecular flexibility index (Phi) is 3.53. The van der Waals surface area contributed by atoms with Crippen molar-refractivity contribution in [3.05, 3.63) is 0 Å². The van der Waals surface area contributed by atoms with E-state index in [4.69, 9.17) is 0 Å². The van der Waals surface area contributed by atoms with Crippen molar-refractivity contribution in [3.63, 3.8) is 0 Å². The van der Waals surface area contributed by atoms with Crippen LogP contribution >= 0.6 is 0 Å². The molecular formula is C13H21O3-. The third kappa shape index (κ3) is 2.24. The van der Waals surface area contributed by atoms with Crippen LogP contribution in [0.3, 0.4) is 0 Å². The molecule has 2 saturated carbocycles. The molecular weight excluding hydrogens is 204 g/mol. The van der Waals surface area contributed by atoms with Gasteiger partial charge in [0.1, 0.15) is 0 Å². The van der Waals surface area contributed by atoms with E-state index in [2.05, 4.69) is 0 Å². The molecule has 0 bridgehead atoms. The highest BCUT2D eigenvalue weighted by atomic mass is 16.4. The molecule has 1 atom stereocenters. The lowest BCUT2D eigenvalue weighted by molar-refractivity contribution is -0.320. The monoisotopic (exact) mass is 225 g/mol. The highest BCUT2D eigenvalue weighted by molar-refractivity contribution is 5.69. The maximum absolute atomic E-state index is 11.3. The highest BCUT2D eigenvalue weighted by Gasteiger charge is 2.44.